The van der Waals surface area contributed by atoms with Crippen molar-refractivity contribution in [3.05, 3.63) is 41.9 Å². The van der Waals surface area contributed by atoms with Crippen LogP contribution in [-0.2, 0) is 6.54 Å². The van der Waals surface area contributed by atoms with Gasteiger partial charge in [-0.15, -0.1) is 0 Å². The normalized spacial score (nSPS) is 10.4. The molecule has 2 aromatic heterocycles. The molecule has 2 rings (SSSR count). The lowest BCUT2D eigenvalue weighted by atomic mass is 10.3. The van der Waals surface area contributed by atoms with Crippen molar-refractivity contribution in [1.82, 2.24) is 15.0 Å². The minimum atomic E-state index is 0.662. The van der Waals surface area contributed by atoms with Crippen LogP contribution in [0.3, 0.4) is 0 Å². The molecule has 0 aromatic carbocycles. The van der Waals surface area contributed by atoms with Gasteiger partial charge in [-0.25, -0.2) is 4.98 Å². The SMILES string of the molecule is CCCCN(C)c1nc(C)cc(NCc2ccccn2)n1. The van der Waals surface area contributed by atoms with E-state index in [1.807, 2.05) is 38.2 Å². The molecule has 0 aliphatic rings. The fourth-order valence-corrected chi connectivity index (χ4v) is 1.99. The first kappa shape index (κ1) is 15.2. The average molecular weight is 285 g/mol. The van der Waals surface area contributed by atoms with Gasteiger partial charge in [0.15, 0.2) is 0 Å². The molecule has 2 aromatic rings. The van der Waals surface area contributed by atoms with Gasteiger partial charge in [0.1, 0.15) is 5.82 Å². The fourth-order valence-electron chi connectivity index (χ4n) is 1.99. The molecule has 0 saturated carbocycles. The summed E-state index contributed by atoms with van der Waals surface area (Å²) in [5.41, 5.74) is 1.96. The summed E-state index contributed by atoms with van der Waals surface area (Å²) in [4.78, 5) is 15.5. The van der Waals surface area contributed by atoms with E-state index in [1.165, 1.54) is 6.42 Å². The number of hydrogen-bond acceptors (Lipinski definition) is 5. The zero-order valence-corrected chi connectivity index (χ0v) is 13.0. The molecule has 0 radical (unpaired) electrons. The number of hydrogen-bond donors (Lipinski definition) is 1. The largest absolute Gasteiger partial charge is 0.364 e. The van der Waals surface area contributed by atoms with Crippen LogP contribution in [0.2, 0.25) is 0 Å². The van der Waals surface area contributed by atoms with Crippen molar-refractivity contribution in [2.45, 2.75) is 33.2 Å². The lowest BCUT2D eigenvalue weighted by molar-refractivity contribution is 0.748. The van der Waals surface area contributed by atoms with Crippen molar-refractivity contribution in [3.63, 3.8) is 0 Å². The van der Waals surface area contributed by atoms with Gasteiger partial charge in [0, 0.05) is 31.5 Å². The second-order valence-electron chi connectivity index (χ2n) is 5.14. The van der Waals surface area contributed by atoms with Crippen molar-refractivity contribution in [2.75, 3.05) is 23.8 Å². The zero-order valence-electron chi connectivity index (χ0n) is 13.0. The Kier molecular flexibility index (Phi) is 5.49. The monoisotopic (exact) mass is 285 g/mol. The topological polar surface area (TPSA) is 53.9 Å². The van der Waals surface area contributed by atoms with Gasteiger partial charge in [-0.2, -0.15) is 4.98 Å². The predicted molar refractivity (Wildman–Crippen MR) is 86.5 cm³/mol. The van der Waals surface area contributed by atoms with Gasteiger partial charge in [0.05, 0.1) is 12.2 Å². The van der Waals surface area contributed by atoms with Crippen molar-refractivity contribution < 1.29 is 0 Å². The smallest absolute Gasteiger partial charge is 0.227 e. The Hall–Kier alpha value is -2.17. The Morgan fingerprint density at radius 1 is 1.24 bits per heavy atom. The number of nitrogens with zero attached hydrogens (tertiary/aromatic N) is 4. The van der Waals surface area contributed by atoms with E-state index < -0.39 is 0 Å². The Morgan fingerprint density at radius 2 is 2.10 bits per heavy atom. The van der Waals surface area contributed by atoms with E-state index in [0.29, 0.717) is 6.54 Å². The van der Waals surface area contributed by atoms with Crippen molar-refractivity contribution in [2.24, 2.45) is 0 Å². The molecule has 0 spiro atoms. The molecule has 112 valence electrons. The molecule has 0 aliphatic carbocycles. The van der Waals surface area contributed by atoms with Gasteiger partial charge in [-0.05, 0) is 25.5 Å². The third-order valence-electron chi connectivity index (χ3n) is 3.21. The summed E-state index contributed by atoms with van der Waals surface area (Å²) >= 11 is 0. The van der Waals surface area contributed by atoms with Gasteiger partial charge in [0.25, 0.3) is 0 Å². The fraction of sp³-hybridized carbons (Fsp3) is 0.438. The highest BCUT2D eigenvalue weighted by Gasteiger charge is 2.07. The molecule has 0 unspecified atom stereocenters. The summed E-state index contributed by atoms with van der Waals surface area (Å²) < 4.78 is 0. The first-order valence-corrected chi connectivity index (χ1v) is 7.39. The third kappa shape index (κ3) is 4.70. The molecule has 0 bridgehead atoms. The molecule has 21 heavy (non-hydrogen) atoms. The van der Waals surface area contributed by atoms with Crippen LogP contribution < -0.4 is 10.2 Å². The summed E-state index contributed by atoms with van der Waals surface area (Å²) in [5.74, 6) is 1.61. The molecule has 1 N–H and O–H groups in total. The van der Waals surface area contributed by atoms with Gasteiger partial charge < -0.3 is 10.2 Å². The third-order valence-corrected chi connectivity index (χ3v) is 3.21. The molecule has 0 fully saturated rings. The van der Waals surface area contributed by atoms with Gasteiger partial charge >= 0.3 is 0 Å². The van der Waals surface area contributed by atoms with Crippen LogP contribution in [0.25, 0.3) is 0 Å². The van der Waals surface area contributed by atoms with E-state index >= 15 is 0 Å². The van der Waals surface area contributed by atoms with Crippen molar-refractivity contribution >= 4 is 11.8 Å². The number of anilines is 2. The summed E-state index contributed by atoms with van der Waals surface area (Å²) in [6.45, 7) is 5.81. The van der Waals surface area contributed by atoms with Gasteiger partial charge in [0.2, 0.25) is 5.95 Å². The highest BCUT2D eigenvalue weighted by Crippen LogP contribution is 2.13. The number of aryl methyl sites for hydroxylation is 1. The maximum Gasteiger partial charge on any atom is 0.227 e. The molecular weight excluding hydrogens is 262 g/mol. The van der Waals surface area contributed by atoms with E-state index in [-0.39, 0.29) is 0 Å². The molecule has 2 heterocycles. The van der Waals surface area contributed by atoms with Crippen molar-refractivity contribution in [3.8, 4) is 0 Å². The van der Waals surface area contributed by atoms with Crippen LogP contribution in [0, 0.1) is 6.92 Å². The first-order chi connectivity index (χ1) is 10.2. The van der Waals surface area contributed by atoms with Crippen LogP contribution in [0.5, 0.6) is 0 Å². The quantitative estimate of drug-likeness (QED) is 0.847. The summed E-state index contributed by atoms with van der Waals surface area (Å²) in [6, 6.07) is 7.85. The second kappa shape index (κ2) is 7.57. The molecule has 5 nitrogen and oxygen atoms in total. The number of aromatic nitrogens is 3. The highest BCUT2D eigenvalue weighted by molar-refractivity contribution is 5.43. The van der Waals surface area contributed by atoms with Crippen molar-refractivity contribution in [1.29, 1.82) is 0 Å². The maximum absolute atomic E-state index is 4.58. The van der Waals surface area contributed by atoms with E-state index in [0.717, 1.165) is 36.1 Å². The minimum Gasteiger partial charge on any atom is -0.364 e. The van der Waals surface area contributed by atoms with Crippen LogP contribution in [0.1, 0.15) is 31.2 Å². The Labute approximate surface area is 126 Å². The molecule has 0 amide bonds. The molecule has 0 aliphatic heterocycles. The molecule has 0 saturated heterocycles. The van der Waals surface area contributed by atoms with Crippen LogP contribution >= 0.6 is 0 Å². The molecule has 0 atom stereocenters. The van der Waals surface area contributed by atoms with E-state index in [4.69, 9.17) is 0 Å². The molecule has 5 heteroatoms. The Balaban J connectivity index is 2.04. The number of nitrogens with one attached hydrogen (secondary N) is 1. The second-order valence-corrected chi connectivity index (χ2v) is 5.14. The average Bonchev–Trinajstić information content (AvgIpc) is 2.51. The van der Waals surface area contributed by atoms with Crippen LogP contribution in [-0.4, -0.2) is 28.5 Å². The Bertz CT molecular complexity index is 556. The Morgan fingerprint density at radius 3 is 2.81 bits per heavy atom. The lowest BCUT2D eigenvalue weighted by Crippen LogP contribution is -2.21. The highest BCUT2D eigenvalue weighted by atomic mass is 15.2. The number of unbranched alkanes of at least 4 members (excludes halogenated alkanes) is 1. The standard InChI is InChI=1S/C16H23N5/c1-4-5-10-21(3)16-19-13(2)11-15(20-16)18-12-14-8-6-7-9-17-14/h6-9,11H,4-5,10,12H2,1-3H3,(H,18,19,20). The molecular formula is C16H23N5. The summed E-state index contributed by atoms with van der Waals surface area (Å²) in [5, 5.41) is 3.31. The van der Waals surface area contributed by atoms with Crippen LogP contribution in [0.4, 0.5) is 11.8 Å². The van der Waals surface area contributed by atoms with Crippen LogP contribution in [0.15, 0.2) is 30.5 Å². The van der Waals surface area contributed by atoms with Gasteiger partial charge in [-0.1, -0.05) is 19.4 Å². The predicted octanol–water partition coefficient (Wildman–Crippen LogP) is 3.03. The number of rotatable bonds is 7. The van der Waals surface area contributed by atoms with E-state index in [1.54, 1.807) is 6.20 Å². The summed E-state index contributed by atoms with van der Waals surface area (Å²) in [7, 11) is 2.03. The number of pyridine rings is 1. The zero-order chi connectivity index (χ0) is 15.1. The maximum atomic E-state index is 4.58. The minimum absolute atomic E-state index is 0.662. The van der Waals surface area contributed by atoms with E-state index in [9.17, 15) is 0 Å². The van der Waals surface area contributed by atoms with E-state index in [2.05, 4.69) is 32.1 Å². The van der Waals surface area contributed by atoms with Gasteiger partial charge in [-0.3, -0.25) is 4.98 Å². The lowest BCUT2D eigenvalue weighted by Gasteiger charge is -2.18. The first-order valence-electron chi connectivity index (χ1n) is 7.39. The summed E-state index contributed by atoms with van der Waals surface area (Å²) in [6.07, 6.45) is 4.11.